The van der Waals surface area contributed by atoms with Gasteiger partial charge in [0.05, 0.1) is 17.6 Å². The van der Waals surface area contributed by atoms with Crippen LogP contribution in [0.3, 0.4) is 0 Å². The number of hydrogen-bond acceptors (Lipinski definition) is 2. The molecule has 1 N–H and O–H groups in total. The van der Waals surface area contributed by atoms with E-state index in [0.29, 0.717) is 30.9 Å². The minimum atomic E-state index is -0.677. The van der Waals surface area contributed by atoms with Crippen LogP contribution >= 0.6 is 11.6 Å². The van der Waals surface area contributed by atoms with Gasteiger partial charge in [0.25, 0.3) is 0 Å². The van der Waals surface area contributed by atoms with Crippen LogP contribution in [-0.2, 0) is 4.74 Å². The van der Waals surface area contributed by atoms with E-state index in [2.05, 4.69) is 9.88 Å². The van der Waals surface area contributed by atoms with Gasteiger partial charge in [0, 0.05) is 42.8 Å². The molecule has 0 radical (unpaired) electrons. The summed E-state index contributed by atoms with van der Waals surface area (Å²) < 4.78 is 47.9. The average molecular weight is 513 g/mol. The molecule has 2 aliphatic rings. The number of aromatic amines is 1. The summed E-state index contributed by atoms with van der Waals surface area (Å²) in [7, 11) is 0. The number of fused-ring (bicyclic) bond motifs is 1. The quantitative estimate of drug-likeness (QED) is 0.320. The molecule has 0 saturated carbocycles. The Labute approximate surface area is 213 Å². The fourth-order valence-electron chi connectivity index (χ4n) is 5.07. The molecule has 0 spiro atoms. The van der Waals surface area contributed by atoms with Crippen molar-refractivity contribution in [2.75, 3.05) is 32.9 Å². The molecule has 1 aliphatic heterocycles. The molecule has 1 unspecified atom stereocenters. The van der Waals surface area contributed by atoms with Gasteiger partial charge in [-0.25, -0.2) is 8.78 Å². The first-order valence-electron chi connectivity index (χ1n) is 12.2. The Balaban J connectivity index is 1.50. The van der Waals surface area contributed by atoms with Gasteiger partial charge in [-0.1, -0.05) is 42.8 Å². The minimum absolute atomic E-state index is 0.118. The molecule has 2 aromatic carbocycles. The summed E-state index contributed by atoms with van der Waals surface area (Å²) in [6.45, 7) is 4.22. The number of hydrogen-bond donors (Lipinski definition) is 1. The summed E-state index contributed by atoms with van der Waals surface area (Å²) in [5, 5.41) is 1.29. The van der Waals surface area contributed by atoms with Crippen LogP contribution in [-0.4, -0.2) is 42.8 Å². The van der Waals surface area contributed by atoms with Crippen molar-refractivity contribution in [1.29, 1.82) is 0 Å². The lowest BCUT2D eigenvalue weighted by Crippen LogP contribution is -2.48. The summed E-state index contributed by atoms with van der Waals surface area (Å²) in [6, 6.07) is 14.2. The zero-order valence-corrected chi connectivity index (χ0v) is 20.8. The van der Waals surface area contributed by atoms with E-state index in [1.54, 1.807) is 12.1 Å². The third kappa shape index (κ3) is 4.97. The third-order valence-corrected chi connectivity index (χ3v) is 7.21. The van der Waals surface area contributed by atoms with Gasteiger partial charge in [-0.3, -0.25) is 9.29 Å². The Morgan fingerprint density at radius 1 is 1.14 bits per heavy atom. The first-order valence-corrected chi connectivity index (χ1v) is 12.6. The molecule has 188 valence electrons. The zero-order chi connectivity index (χ0) is 25.2. The van der Waals surface area contributed by atoms with Crippen molar-refractivity contribution in [3.8, 4) is 0 Å². The van der Waals surface area contributed by atoms with Crippen LogP contribution in [0.4, 0.5) is 13.2 Å². The fourth-order valence-corrected chi connectivity index (χ4v) is 5.36. The number of rotatable bonds is 9. The van der Waals surface area contributed by atoms with E-state index in [4.69, 9.17) is 16.3 Å². The van der Waals surface area contributed by atoms with Gasteiger partial charge >= 0.3 is 0 Å². The van der Waals surface area contributed by atoms with Crippen LogP contribution in [0.15, 0.2) is 72.3 Å². The van der Waals surface area contributed by atoms with E-state index < -0.39 is 11.7 Å². The van der Waals surface area contributed by atoms with Gasteiger partial charge in [0.15, 0.2) is 0 Å². The number of para-hydroxylation sites is 1. The van der Waals surface area contributed by atoms with Crippen LogP contribution in [0.1, 0.15) is 24.6 Å². The van der Waals surface area contributed by atoms with Crippen LogP contribution in [0.5, 0.6) is 0 Å². The monoisotopic (exact) mass is 512 g/mol. The number of ether oxygens (including phenoxy) is 1. The number of halogens is 4. The number of benzene rings is 2. The third-order valence-electron chi connectivity index (χ3n) is 6.90. The summed E-state index contributed by atoms with van der Waals surface area (Å²) in [5.74, 6) is -0.844. The highest BCUT2D eigenvalue weighted by Gasteiger charge is 2.30. The molecule has 2 heterocycles. The standard InChI is InChI=1S/C29H28ClF3N2O/c1-2-22(23-8-7-20(32)12-25(23)30)29(28-11-19-5-3-4-6-27(19)34-28)24-13-21(14-26(24)33)36-10-9-35-16-18(15-31)17-35/h3-8,11-14,18,24,34H,2,9-10,15-17H2,1H3/b29-22+. The Kier molecular flexibility index (Phi) is 7.26. The molecule has 0 amide bonds. The van der Waals surface area contributed by atoms with Gasteiger partial charge in [-0.15, -0.1) is 0 Å². The van der Waals surface area contributed by atoms with E-state index in [9.17, 15) is 8.78 Å². The molecule has 3 nitrogen and oxygen atoms in total. The summed E-state index contributed by atoms with van der Waals surface area (Å²) >= 11 is 6.46. The number of nitrogens with one attached hydrogen (secondary N) is 1. The second kappa shape index (κ2) is 10.6. The summed E-state index contributed by atoms with van der Waals surface area (Å²) in [4.78, 5) is 5.55. The Morgan fingerprint density at radius 2 is 1.94 bits per heavy atom. The van der Waals surface area contributed by atoms with Gasteiger partial charge < -0.3 is 9.72 Å². The van der Waals surface area contributed by atoms with Crippen molar-refractivity contribution in [2.45, 2.75) is 13.3 Å². The largest absolute Gasteiger partial charge is 0.492 e. The van der Waals surface area contributed by atoms with Gasteiger partial charge in [-0.05, 0) is 58.9 Å². The van der Waals surface area contributed by atoms with Crippen LogP contribution in [0.2, 0.25) is 5.02 Å². The molecule has 1 fully saturated rings. The maximum atomic E-state index is 15.5. The van der Waals surface area contributed by atoms with Gasteiger partial charge in [0.2, 0.25) is 0 Å². The Morgan fingerprint density at radius 3 is 2.67 bits per heavy atom. The average Bonchev–Trinajstić information content (AvgIpc) is 3.42. The lowest BCUT2D eigenvalue weighted by molar-refractivity contribution is 0.0567. The Hall–Kier alpha value is -2.96. The first kappa shape index (κ1) is 24.7. The second-order valence-corrected chi connectivity index (χ2v) is 9.75. The molecule has 7 heteroatoms. The highest BCUT2D eigenvalue weighted by molar-refractivity contribution is 6.32. The van der Waals surface area contributed by atoms with Crippen LogP contribution < -0.4 is 0 Å². The fraction of sp³-hybridized carbons (Fsp3) is 0.310. The number of aromatic nitrogens is 1. The van der Waals surface area contributed by atoms with Crippen LogP contribution in [0, 0.1) is 17.7 Å². The lowest BCUT2D eigenvalue weighted by atomic mass is 9.87. The molecule has 1 aliphatic carbocycles. The van der Waals surface area contributed by atoms with E-state index in [0.717, 1.165) is 40.8 Å². The van der Waals surface area contributed by atoms with E-state index in [1.807, 2.05) is 37.3 Å². The van der Waals surface area contributed by atoms with Gasteiger partial charge in [0.1, 0.15) is 24.0 Å². The topological polar surface area (TPSA) is 28.3 Å². The lowest BCUT2D eigenvalue weighted by Gasteiger charge is -2.37. The number of H-pyrrole nitrogens is 1. The molecular weight excluding hydrogens is 485 g/mol. The number of likely N-dealkylation sites (tertiary alicyclic amines) is 1. The summed E-state index contributed by atoms with van der Waals surface area (Å²) in [6.07, 6.45) is 3.77. The van der Waals surface area contributed by atoms with Crippen molar-refractivity contribution in [2.24, 2.45) is 11.8 Å². The van der Waals surface area contributed by atoms with Crippen LogP contribution in [0.25, 0.3) is 22.0 Å². The van der Waals surface area contributed by atoms with Crippen molar-refractivity contribution in [3.63, 3.8) is 0 Å². The maximum absolute atomic E-state index is 15.5. The number of allylic oxidation sites excluding steroid dienone is 5. The van der Waals surface area contributed by atoms with Crippen molar-refractivity contribution in [3.05, 3.63) is 94.4 Å². The van der Waals surface area contributed by atoms with E-state index >= 15 is 4.39 Å². The molecule has 36 heavy (non-hydrogen) atoms. The molecule has 1 atom stereocenters. The zero-order valence-electron chi connectivity index (χ0n) is 20.0. The summed E-state index contributed by atoms with van der Waals surface area (Å²) in [5.41, 5.74) is 3.95. The highest BCUT2D eigenvalue weighted by atomic mass is 35.5. The highest BCUT2D eigenvalue weighted by Crippen LogP contribution is 2.44. The predicted octanol–water partition coefficient (Wildman–Crippen LogP) is 7.57. The molecule has 5 rings (SSSR count). The Bertz CT molecular complexity index is 1320. The predicted molar refractivity (Wildman–Crippen MR) is 139 cm³/mol. The smallest absolute Gasteiger partial charge is 0.124 e. The van der Waals surface area contributed by atoms with E-state index in [-0.39, 0.29) is 23.4 Å². The molecule has 0 bridgehead atoms. The number of nitrogens with zero attached hydrogens (tertiary/aromatic N) is 1. The van der Waals surface area contributed by atoms with Crippen molar-refractivity contribution >= 4 is 33.7 Å². The van der Waals surface area contributed by atoms with Crippen molar-refractivity contribution in [1.82, 2.24) is 9.88 Å². The normalized spacial score (nSPS) is 19.2. The maximum Gasteiger partial charge on any atom is 0.124 e. The SMILES string of the molecule is CC/C(=C(\c1cc2ccccc2[nH]1)C1C=C(OCCN2CC(CF)C2)C=C1F)c1ccc(F)cc1Cl. The second-order valence-electron chi connectivity index (χ2n) is 9.34. The van der Waals surface area contributed by atoms with E-state index in [1.165, 1.54) is 18.2 Å². The molecule has 1 aromatic heterocycles. The number of alkyl halides is 1. The van der Waals surface area contributed by atoms with Gasteiger partial charge in [-0.2, -0.15) is 0 Å². The first-order chi connectivity index (χ1) is 17.5. The van der Waals surface area contributed by atoms with Crippen molar-refractivity contribution < 1.29 is 17.9 Å². The molecule has 3 aromatic rings. The molecule has 1 saturated heterocycles. The minimum Gasteiger partial charge on any atom is -0.492 e. The molecular formula is C29H28ClF3N2O.